The molecule has 31 heavy (non-hydrogen) atoms. The summed E-state index contributed by atoms with van der Waals surface area (Å²) in [5.74, 6) is 0.700. The van der Waals surface area contributed by atoms with Crippen LogP contribution in [0, 0.1) is 0 Å². The van der Waals surface area contributed by atoms with E-state index < -0.39 is 0 Å². The van der Waals surface area contributed by atoms with Gasteiger partial charge in [0.05, 0.1) is 47.1 Å². The van der Waals surface area contributed by atoms with Gasteiger partial charge in [-0.25, -0.2) is 4.98 Å². The van der Waals surface area contributed by atoms with Crippen molar-refractivity contribution in [2.24, 2.45) is 0 Å². The summed E-state index contributed by atoms with van der Waals surface area (Å²) in [6.45, 7) is 2.36. The fourth-order valence-corrected chi connectivity index (χ4v) is 4.54. The van der Waals surface area contributed by atoms with Crippen LogP contribution in [0.25, 0.3) is 11.1 Å². The molecule has 0 saturated carbocycles. The largest absolute Gasteiger partial charge is 0.381 e. The van der Waals surface area contributed by atoms with Crippen LogP contribution in [0.15, 0.2) is 36.7 Å². The van der Waals surface area contributed by atoms with Gasteiger partial charge < -0.3 is 20.3 Å². The van der Waals surface area contributed by atoms with Gasteiger partial charge in [0, 0.05) is 50.7 Å². The summed E-state index contributed by atoms with van der Waals surface area (Å²) < 4.78 is 7.73. The van der Waals surface area contributed by atoms with E-state index in [2.05, 4.69) is 38.3 Å². The topological polar surface area (TPSA) is 84.3 Å². The highest BCUT2D eigenvalue weighted by Crippen LogP contribution is 2.44. The number of benzene rings is 1. The third-order valence-electron chi connectivity index (χ3n) is 6.12. The molecule has 1 fully saturated rings. The predicted molar refractivity (Wildman–Crippen MR) is 121 cm³/mol. The van der Waals surface area contributed by atoms with Crippen LogP contribution >= 0.6 is 0 Å². The van der Waals surface area contributed by atoms with Crippen molar-refractivity contribution < 1.29 is 9.53 Å². The predicted octanol–water partition coefficient (Wildman–Crippen LogP) is 3.84. The Morgan fingerprint density at radius 3 is 2.77 bits per heavy atom. The molecule has 0 atom stereocenters. The minimum Gasteiger partial charge on any atom is -0.381 e. The van der Waals surface area contributed by atoms with Crippen molar-refractivity contribution in [1.82, 2.24) is 14.8 Å². The number of hydrogen-bond donors (Lipinski definition) is 2. The molecular formula is C23H26N6O2. The minimum atomic E-state index is 0.390. The molecular weight excluding hydrogens is 392 g/mol. The van der Waals surface area contributed by atoms with Crippen LogP contribution in [0.1, 0.15) is 34.9 Å². The molecule has 0 aliphatic carbocycles. The Hall–Kier alpha value is -3.39. The molecule has 0 radical (unpaired) electrons. The van der Waals surface area contributed by atoms with Crippen LogP contribution in [0.2, 0.25) is 0 Å². The average Bonchev–Trinajstić information content (AvgIpc) is 3.23. The molecule has 2 N–H and O–H groups in total. The van der Waals surface area contributed by atoms with Crippen LogP contribution < -0.4 is 15.5 Å². The number of aldehydes is 1. The highest BCUT2D eigenvalue weighted by atomic mass is 16.5. The number of anilines is 4. The third kappa shape index (κ3) is 3.42. The third-order valence-corrected chi connectivity index (χ3v) is 6.12. The van der Waals surface area contributed by atoms with Gasteiger partial charge in [-0.05, 0) is 18.9 Å². The first kappa shape index (κ1) is 19.6. The van der Waals surface area contributed by atoms with Crippen LogP contribution in [-0.4, -0.2) is 48.4 Å². The van der Waals surface area contributed by atoms with E-state index in [1.54, 1.807) is 6.20 Å². The summed E-state index contributed by atoms with van der Waals surface area (Å²) in [4.78, 5) is 18.0. The van der Waals surface area contributed by atoms with E-state index >= 15 is 0 Å². The maximum Gasteiger partial charge on any atom is 0.153 e. The number of rotatable bonds is 5. The van der Waals surface area contributed by atoms with E-state index in [4.69, 9.17) is 9.84 Å². The van der Waals surface area contributed by atoms with Gasteiger partial charge in [-0.2, -0.15) is 5.10 Å². The molecule has 1 aromatic carbocycles. The van der Waals surface area contributed by atoms with Crippen molar-refractivity contribution in [1.29, 1.82) is 0 Å². The molecule has 0 unspecified atom stereocenters. The second kappa shape index (κ2) is 8.03. The molecule has 0 bridgehead atoms. The van der Waals surface area contributed by atoms with Gasteiger partial charge in [-0.1, -0.05) is 12.1 Å². The number of fused-ring (bicyclic) bond motifs is 3. The van der Waals surface area contributed by atoms with Gasteiger partial charge in [0.15, 0.2) is 6.29 Å². The molecule has 8 nitrogen and oxygen atoms in total. The maximum atomic E-state index is 11.6. The molecule has 0 spiro atoms. The lowest BCUT2D eigenvalue weighted by atomic mass is 9.97. The Morgan fingerprint density at radius 2 is 2.00 bits per heavy atom. The van der Waals surface area contributed by atoms with Crippen LogP contribution in [-0.2, 0) is 11.3 Å². The number of carbonyl (C=O) groups excluding carboxylic acids is 1. The normalized spacial score (nSPS) is 15.9. The zero-order valence-electron chi connectivity index (χ0n) is 17.8. The second-order valence-corrected chi connectivity index (χ2v) is 8.00. The first-order valence-electron chi connectivity index (χ1n) is 10.6. The molecule has 8 heteroatoms. The summed E-state index contributed by atoms with van der Waals surface area (Å²) in [6.07, 6.45) is 6.39. The van der Waals surface area contributed by atoms with Crippen molar-refractivity contribution >= 4 is 29.2 Å². The number of carbonyl (C=O) groups is 1. The number of aromatic nitrogens is 3. The lowest BCUT2D eigenvalue weighted by Crippen LogP contribution is -2.28. The summed E-state index contributed by atoms with van der Waals surface area (Å²) in [6, 6.07) is 8.45. The monoisotopic (exact) mass is 418 g/mol. The first-order valence-corrected chi connectivity index (χ1v) is 10.6. The minimum absolute atomic E-state index is 0.390. The Labute approximate surface area is 181 Å². The Morgan fingerprint density at radius 1 is 1.16 bits per heavy atom. The molecule has 5 rings (SSSR count). The fraction of sp³-hybridized carbons (Fsp3) is 0.348. The van der Waals surface area contributed by atoms with Crippen molar-refractivity contribution in [3.05, 3.63) is 47.9 Å². The SMILES string of the molecule is CNc1cc(Nc2cccc3c2N(C)Cc2c-3cnn2C2CCOCC2)c(C=O)cn1. The highest BCUT2D eigenvalue weighted by molar-refractivity contribution is 5.94. The van der Waals surface area contributed by atoms with E-state index in [-0.39, 0.29) is 0 Å². The Balaban J connectivity index is 1.55. The summed E-state index contributed by atoms with van der Waals surface area (Å²) >= 11 is 0. The second-order valence-electron chi connectivity index (χ2n) is 8.00. The molecule has 4 heterocycles. The van der Waals surface area contributed by atoms with E-state index in [1.807, 2.05) is 31.4 Å². The summed E-state index contributed by atoms with van der Waals surface area (Å²) in [5, 5.41) is 11.3. The van der Waals surface area contributed by atoms with Gasteiger partial charge in [0.1, 0.15) is 5.82 Å². The van der Waals surface area contributed by atoms with E-state index in [9.17, 15) is 4.79 Å². The fourth-order valence-electron chi connectivity index (χ4n) is 4.54. The molecule has 2 aliphatic rings. The number of para-hydroxylation sites is 1. The zero-order chi connectivity index (χ0) is 21.4. The number of nitrogens with one attached hydrogen (secondary N) is 2. The molecule has 2 aliphatic heterocycles. The zero-order valence-corrected chi connectivity index (χ0v) is 17.8. The average molecular weight is 419 g/mol. The number of hydrogen-bond acceptors (Lipinski definition) is 7. The van der Waals surface area contributed by atoms with Crippen molar-refractivity contribution in [2.45, 2.75) is 25.4 Å². The van der Waals surface area contributed by atoms with Crippen molar-refractivity contribution in [3.8, 4) is 11.1 Å². The molecule has 2 aromatic heterocycles. The Bertz CT molecular complexity index is 1120. The van der Waals surface area contributed by atoms with Gasteiger partial charge in [0.25, 0.3) is 0 Å². The molecule has 0 amide bonds. The van der Waals surface area contributed by atoms with E-state index in [0.29, 0.717) is 17.4 Å². The number of nitrogens with zero attached hydrogens (tertiary/aromatic N) is 4. The highest BCUT2D eigenvalue weighted by Gasteiger charge is 2.29. The smallest absolute Gasteiger partial charge is 0.153 e. The Kier molecular flexibility index (Phi) is 5.07. The van der Waals surface area contributed by atoms with Crippen LogP contribution in [0.3, 0.4) is 0 Å². The lowest BCUT2D eigenvalue weighted by molar-refractivity contribution is 0.0654. The lowest BCUT2D eigenvalue weighted by Gasteiger charge is -2.32. The van der Waals surface area contributed by atoms with Crippen LogP contribution in [0.4, 0.5) is 22.9 Å². The van der Waals surface area contributed by atoms with Gasteiger partial charge in [0.2, 0.25) is 0 Å². The molecule has 160 valence electrons. The maximum absolute atomic E-state index is 11.6. The number of pyridine rings is 1. The summed E-state index contributed by atoms with van der Waals surface area (Å²) in [7, 11) is 3.91. The molecule has 3 aromatic rings. The van der Waals surface area contributed by atoms with Gasteiger partial charge in [-0.15, -0.1) is 0 Å². The molecule has 1 saturated heterocycles. The number of ether oxygens (including phenoxy) is 1. The van der Waals surface area contributed by atoms with Crippen LogP contribution in [0.5, 0.6) is 0 Å². The van der Waals surface area contributed by atoms with E-state index in [1.165, 1.54) is 11.3 Å². The quantitative estimate of drug-likeness (QED) is 0.609. The van der Waals surface area contributed by atoms with Crippen molar-refractivity contribution in [3.63, 3.8) is 0 Å². The summed E-state index contributed by atoms with van der Waals surface area (Å²) in [5.41, 5.74) is 6.84. The van der Waals surface area contributed by atoms with E-state index in [0.717, 1.165) is 61.5 Å². The van der Waals surface area contributed by atoms with Crippen molar-refractivity contribution in [2.75, 3.05) is 42.8 Å². The first-order chi connectivity index (χ1) is 15.2. The van der Waals surface area contributed by atoms with Gasteiger partial charge >= 0.3 is 0 Å². The van der Waals surface area contributed by atoms with Gasteiger partial charge in [-0.3, -0.25) is 9.48 Å². The standard InChI is InChI=1S/C23H26N6O2/c1-24-22-10-20(15(14-30)11-25-22)27-19-5-3-4-17-18-12-26-29(16-6-8-31-9-7-16)21(18)13-28(2)23(17)19/h3-5,10-12,14,16H,6-9,13H2,1-2H3,(H2,24,25,27).